The van der Waals surface area contributed by atoms with E-state index in [0.717, 1.165) is 22.3 Å². The summed E-state index contributed by atoms with van der Waals surface area (Å²) in [5.74, 6) is 0.0619. The highest BCUT2D eigenvalue weighted by Crippen LogP contribution is 2.29. The molecule has 3 N–H and O–H groups in total. The molecule has 1 aromatic carbocycles. The topological polar surface area (TPSA) is 58.4 Å². The van der Waals surface area contributed by atoms with Crippen molar-refractivity contribution in [2.45, 2.75) is 13.0 Å². The van der Waals surface area contributed by atoms with Crippen LogP contribution in [0.4, 0.5) is 5.69 Å². The number of halogens is 1. The van der Waals surface area contributed by atoms with Gasteiger partial charge in [-0.25, -0.2) is 0 Å². The summed E-state index contributed by atoms with van der Waals surface area (Å²) in [7, 11) is 0. The number of nitrogens with two attached hydrogens (primary N) is 1. The first-order chi connectivity index (χ1) is 8.08. The molecule has 1 heterocycles. The van der Waals surface area contributed by atoms with Gasteiger partial charge in [0.25, 0.3) is 0 Å². The lowest BCUT2D eigenvalue weighted by atomic mass is 10.1. The average molecular weight is 298 g/mol. The second-order valence-corrected chi connectivity index (χ2v) is 5.18. The zero-order chi connectivity index (χ0) is 12.4. The first-order valence-corrected chi connectivity index (χ1v) is 6.44. The highest BCUT2D eigenvalue weighted by Gasteiger charge is 2.20. The summed E-state index contributed by atoms with van der Waals surface area (Å²) < 4.78 is 1.00. The molecule has 0 radical (unpaired) electrons. The summed E-state index contributed by atoms with van der Waals surface area (Å²) in [5, 5.41) is 2.82. The van der Waals surface area contributed by atoms with Crippen LogP contribution in [0.1, 0.15) is 18.5 Å². The lowest BCUT2D eigenvalue weighted by molar-refractivity contribution is -0.120. The Balaban J connectivity index is 2.35. The van der Waals surface area contributed by atoms with Gasteiger partial charge in [0.1, 0.15) is 0 Å². The zero-order valence-electron chi connectivity index (χ0n) is 9.74. The van der Waals surface area contributed by atoms with E-state index in [1.807, 2.05) is 25.1 Å². The summed E-state index contributed by atoms with van der Waals surface area (Å²) in [4.78, 5) is 13.5. The SMILES string of the molecule is CC(N)c1ccc(Br)cc1N1CCNC(=O)C1. The summed E-state index contributed by atoms with van der Waals surface area (Å²) in [6.45, 7) is 3.86. The number of nitrogens with one attached hydrogen (secondary N) is 1. The molecule has 5 heteroatoms. The third-order valence-corrected chi connectivity index (χ3v) is 3.36. The Hall–Kier alpha value is -1.07. The Morgan fingerprint density at radius 1 is 1.53 bits per heavy atom. The van der Waals surface area contributed by atoms with Crippen LogP contribution >= 0.6 is 15.9 Å². The van der Waals surface area contributed by atoms with Gasteiger partial charge in [-0.05, 0) is 24.6 Å². The van der Waals surface area contributed by atoms with E-state index in [1.54, 1.807) is 0 Å². The molecule has 0 saturated carbocycles. The van der Waals surface area contributed by atoms with Gasteiger partial charge in [0.05, 0.1) is 6.54 Å². The highest BCUT2D eigenvalue weighted by molar-refractivity contribution is 9.10. The molecule has 4 nitrogen and oxygen atoms in total. The van der Waals surface area contributed by atoms with E-state index < -0.39 is 0 Å². The van der Waals surface area contributed by atoms with Crippen LogP contribution in [0.5, 0.6) is 0 Å². The number of rotatable bonds is 2. The van der Waals surface area contributed by atoms with Crippen LogP contribution in [0.15, 0.2) is 22.7 Å². The fraction of sp³-hybridized carbons (Fsp3) is 0.417. The molecule has 1 amide bonds. The summed E-state index contributed by atoms with van der Waals surface area (Å²) in [5.41, 5.74) is 8.08. The lowest BCUT2D eigenvalue weighted by Gasteiger charge is -2.31. The van der Waals surface area contributed by atoms with Crippen LogP contribution in [0.25, 0.3) is 0 Å². The van der Waals surface area contributed by atoms with Crippen LogP contribution in [-0.2, 0) is 4.79 Å². The number of anilines is 1. The van der Waals surface area contributed by atoms with Crippen LogP contribution < -0.4 is 16.0 Å². The van der Waals surface area contributed by atoms with Crippen LogP contribution in [0.3, 0.4) is 0 Å². The number of hydrogen-bond acceptors (Lipinski definition) is 3. The highest BCUT2D eigenvalue weighted by atomic mass is 79.9. The van der Waals surface area contributed by atoms with Gasteiger partial charge in [-0.1, -0.05) is 22.0 Å². The largest absolute Gasteiger partial charge is 0.360 e. The molecule has 1 aromatic rings. The molecule has 0 bridgehead atoms. The maximum Gasteiger partial charge on any atom is 0.239 e. The van der Waals surface area contributed by atoms with Crippen molar-refractivity contribution in [3.05, 3.63) is 28.2 Å². The number of carbonyl (C=O) groups excluding carboxylic acids is 1. The number of hydrogen-bond donors (Lipinski definition) is 2. The van der Waals surface area contributed by atoms with Crippen molar-refractivity contribution in [2.24, 2.45) is 5.73 Å². The van der Waals surface area contributed by atoms with Crippen molar-refractivity contribution in [3.8, 4) is 0 Å². The van der Waals surface area contributed by atoms with Crippen molar-refractivity contribution in [1.29, 1.82) is 0 Å². The third-order valence-electron chi connectivity index (χ3n) is 2.86. The molecule has 1 unspecified atom stereocenters. The number of piperazine rings is 1. The fourth-order valence-electron chi connectivity index (χ4n) is 2.02. The molecular weight excluding hydrogens is 282 g/mol. The predicted molar refractivity (Wildman–Crippen MR) is 72.0 cm³/mol. The smallest absolute Gasteiger partial charge is 0.239 e. The standard InChI is InChI=1S/C12H16BrN3O/c1-8(14)10-3-2-9(13)6-11(10)16-5-4-15-12(17)7-16/h2-3,6,8H,4-5,7,14H2,1H3,(H,15,17). The summed E-state index contributed by atoms with van der Waals surface area (Å²) >= 11 is 3.46. The molecule has 1 saturated heterocycles. The normalized spacial score (nSPS) is 17.8. The summed E-state index contributed by atoms with van der Waals surface area (Å²) in [6, 6.07) is 5.98. The monoisotopic (exact) mass is 297 g/mol. The number of nitrogens with zero attached hydrogens (tertiary/aromatic N) is 1. The second-order valence-electron chi connectivity index (χ2n) is 4.26. The van der Waals surface area contributed by atoms with Gasteiger partial charge in [-0.2, -0.15) is 0 Å². The van der Waals surface area contributed by atoms with Crippen LogP contribution in [0.2, 0.25) is 0 Å². The van der Waals surface area contributed by atoms with E-state index >= 15 is 0 Å². The summed E-state index contributed by atoms with van der Waals surface area (Å²) in [6.07, 6.45) is 0. The van der Waals surface area contributed by atoms with Gasteiger partial charge in [-0.15, -0.1) is 0 Å². The first-order valence-electron chi connectivity index (χ1n) is 5.64. The van der Waals surface area contributed by atoms with Gasteiger partial charge in [0, 0.05) is 29.3 Å². The second kappa shape index (κ2) is 5.06. The minimum Gasteiger partial charge on any atom is -0.360 e. The molecule has 17 heavy (non-hydrogen) atoms. The average Bonchev–Trinajstić information content (AvgIpc) is 2.28. The van der Waals surface area contributed by atoms with Gasteiger partial charge >= 0.3 is 0 Å². The van der Waals surface area contributed by atoms with E-state index in [0.29, 0.717) is 13.1 Å². The molecule has 1 aliphatic heterocycles. The first kappa shape index (κ1) is 12.4. The Kier molecular flexibility index (Phi) is 3.69. The molecule has 0 aromatic heterocycles. The Bertz CT molecular complexity index is 434. The van der Waals surface area contributed by atoms with Gasteiger partial charge in [0.2, 0.25) is 5.91 Å². The zero-order valence-corrected chi connectivity index (χ0v) is 11.3. The van der Waals surface area contributed by atoms with E-state index in [9.17, 15) is 4.79 Å². The molecule has 2 rings (SSSR count). The van der Waals surface area contributed by atoms with Crippen molar-refractivity contribution < 1.29 is 4.79 Å². The molecule has 0 aliphatic carbocycles. The van der Waals surface area contributed by atoms with Gasteiger partial charge in [-0.3, -0.25) is 4.79 Å². The number of amides is 1. The molecule has 1 atom stereocenters. The van der Waals surface area contributed by atoms with Crippen LogP contribution in [0, 0.1) is 0 Å². The third kappa shape index (κ3) is 2.79. The van der Waals surface area contributed by atoms with Crippen molar-refractivity contribution in [1.82, 2.24) is 5.32 Å². The predicted octanol–water partition coefficient (Wildman–Crippen LogP) is 1.41. The van der Waals surface area contributed by atoms with Gasteiger partial charge in [0.15, 0.2) is 0 Å². The Morgan fingerprint density at radius 3 is 2.94 bits per heavy atom. The molecule has 1 fully saturated rings. The molecule has 1 aliphatic rings. The van der Waals surface area contributed by atoms with E-state index in [1.165, 1.54) is 0 Å². The maximum atomic E-state index is 11.4. The molecule has 0 spiro atoms. The fourth-order valence-corrected chi connectivity index (χ4v) is 2.37. The van der Waals surface area contributed by atoms with Crippen molar-refractivity contribution >= 4 is 27.5 Å². The van der Waals surface area contributed by atoms with Crippen LogP contribution in [-0.4, -0.2) is 25.5 Å². The minimum atomic E-state index is -0.0388. The van der Waals surface area contributed by atoms with E-state index in [-0.39, 0.29) is 11.9 Å². The number of carbonyl (C=O) groups is 1. The van der Waals surface area contributed by atoms with E-state index in [4.69, 9.17) is 5.73 Å². The van der Waals surface area contributed by atoms with Crippen molar-refractivity contribution in [2.75, 3.05) is 24.5 Å². The molecular formula is C12H16BrN3O. The van der Waals surface area contributed by atoms with Crippen molar-refractivity contribution in [3.63, 3.8) is 0 Å². The van der Waals surface area contributed by atoms with E-state index in [2.05, 4.69) is 26.1 Å². The van der Waals surface area contributed by atoms with Gasteiger partial charge < -0.3 is 16.0 Å². The maximum absolute atomic E-state index is 11.4. The Labute approximate surface area is 109 Å². The number of benzene rings is 1. The Morgan fingerprint density at radius 2 is 2.29 bits per heavy atom. The minimum absolute atomic E-state index is 0.0388. The lowest BCUT2D eigenvalue weighted by Crippen LogP contribution is -2.48. The molecule has 92 valence electrons. The quantitative estimate of drug-likeness (QED) is 0.868.